The molecule has 1 aromatic rings. The van der Waals surface area contributed by atoms with E-state index in [1.807, 2.05) is 12.4 Å². The minimum Gasteiger partial charge on any atom is -0.335 e. The molecule has 14 heavy (non-hydrogen) atoms. The maximum absolute atomic E-state index is 6.14. The highest BCUT2D eigenvalue weighted by atomic mass is 15.1. The molecular formula is C11H19N3. The number of aryl methyl sites for hydroxylation is 1. The highest BCUT2D eigenvalue weighted by molar-refractivity contribution is 4.97. The number of nitrogens with two attached hydrogens (primary N) is 1. The number of rotatable bonds is 4. The van der Waals surface area contributed by atoms with E-state index in [1.54, 1.807) is 0 Å². The molecule has 1 aromatic heterocycles. The molecule has 3 heteroatoms. The molecule has 0 amide bonds. The Hall–Kier alpha value is -0.830. The molecule has 0 aliphatic heterocycles. The second kappa shape index (κ2) is 4.13. The first kappa shape index (κ1) is 9.71. The van der Waals surface area contributed by atoms with Crippen molar-refractivity contribution in [1.29, 1.82) is 0 Å². The van der Waals surface area contributed by atoms with Crippen LogP contribution in [0.4, 0.5) is 0 Å². The predicted octanol–water partition coefficient (Wildman–Crippen LogP) is 1.57. The molecule has 1 heterocycles. The molecule has 1 aliphatic rings. The van der Waals surface area contributed by atoms with Crippen molar-refractivity contribution in [2.45, 2.75) is 45.2 Å². The zero-order valence-corrected chi connectivity index (χ0v) is 8.82. The fourth-order valence-corrected chi connectivity index (χ4v) is 2.06. The summed E-state index contributed by atoms with van der Waals surface area (Å²) in [6, 6.07) is 0.316. The van der Waals surface area contributed by atoms with Gasteiger partial charge in [-0.1, -0.05) is 6.42 Å². The molecule has 78 valence electrons. The molecule has 3 nitrogen and oxygen atoms in total. The fraction of sp³-hybridized carbons (Fsp3) is 0.727. The summed E-state index contributed by atoms with van der Waals surface area (Å²) >= 11 is 0. The normalized spacial score (nSPS) is 19.3. The Morgan fingerprint density at radius 3 is 3.00 bits per heavy atom. The molecule has 1 unspecified atom stereocenters. The van der Waals surface area contributed by atoms with E-state index in [0.29, 0.717) is 6.04 Å². The van der Waals surface area contributed by atoms with Gasteiger partial charge in [0.2, 0.25) is 0 Å². The van der Waals surface area contributed by atoms with Crippen LogP contribution in [0.5, 0.6) is 0 Å². The largest absolute Gasteiger partial charge is 0.335 e. The third kappa shape index (κ3) is 1.82. The van der Waals surface area contributed by atoms with Gasteiger partial charge >= 0.3 is 0 Å². The monoisotopic (exact) mass is 193 g/mol. The molecule has 0 radical (unpaired) electrons. The summed E-state index contributed by atoms with van der Waals surface area (Å²) in [5.41, 5.74) is 6.14. The molecule has 2 N–H and O–H groups in total. The predicted molar refractivity (Wildman–Crippen MR) is 56.9 cm³/mol. The Morgan fingerprint density at radius 2 is 2.43 bits per heavy atom. The highest BCUT2D eigenvalue weighted by Gasteiger charge is 2.25. The molecule has 1 saturated carbocycles. The molecule has 0 saturated heterocycles. The lowest BCUT2D eigenvalue weighted by atomic mass is 9.79. The number of imidazole rings is 1. The summed E-state index contributed by atoms with van der Waals surface area (Å²) in [4.78, 5) is 4.35. The molecule has 2 rings (SSSR count). The van der Waals surface area contributed by atoms with Gasteiger partial charge in [-0.05, 0) is 25.7 Å². The van der Waals surface area contributed by atoms with Crippen LogP contribution >= 0.6 is 0 Å². The van der Waals surface area contributed by atoms with E-state index in [0.717, 1.165) is 24.7 Å². The van der Waals surface area contributed by atoms with Crippen LogP contribution in [0.3, 0.4) is 0 Å². The van der Waals surface area contributed by atoms with E-state index in [1.165, 1.54) is 19.3 Å². The quantitative estimate of drug-likeness (QED) is 0.789. The molecule has 0 bridgehead atoms. The van der Waals surface area contributed by atoms with Crippen LogP contribution in [-0.2, 0) is 13.0 Å². The lowest BCUT2D eigenvalue weighted by molar-refractivity contribution is 0.257. The van der Waals surface area contributed by atoms with Crippen molar-refractivity contribution < 1.29 is 0 Å². The fourth-order valence-electron chi connectivity index (χ4n) is 2.06. The van der Waals surface area contributed by atoms with Crippen molar-refractivity contribution in [2.75, 3.05) is 0 Å². The molecule has 1 atom stereocenters. The van der Waals surface area contributed by atoms with Gasteiger partial charge in [0.25, 0.3) is 0 Å². The van der Waals surface area contributed by atoms with Crippen molar-refractivity contribution in [3.63, 3.8) is 0 Å². The first-order chi connectivity index (χ1) is 6.81. The van der Waals surface area contributed by atoms with Crippen molar-refractivity contribution in [3.05, 3.63) is 18.2 Å². The van der Waals surface area contributed by atoms with E-state index < -0.39 is 0 Å². The molecule has 0 aromatic carbocycles. The van der Waals surface area contributed by atoms with Crippen LogP contribution in [0.15, 0.2) is 12.4 Å². The van der Waals surface area contributed by atoms with Crippen LogP contribution in [0, 0.1) is 5.92 Å². The zero-order valence-electron chi connectivity index (χ0n) is 8.82. The Kier molecular flexibility index (Phi) is 2.87. The maximum Gasteiger partial charge on any atom is 0.110 e. The van der Waals surface area contributed by atoms with Gasteiger partial charge in [-0.15, -0.1) is 0 Å². The minimum absolute atomic E-state index is 0.316. The number of hydrogen-bond donors (Lipinski definition) is 1. The number of hydrogen-bond acceptors (Lipinski definition) is 2. The Bertz CT molecular complexity index is 288. The second-order valence-electron chi connectivity index (χ2n) is 4.19. The standard InChI is InChI=1S/C11H19N3/c1-2-14-7-6-13-11(14)8-10(12)9-4-3-5-9/h6-7,9-10H,2-5,8,12H2,1H3. The van der Waals surface area contributed by atoms with Crippen LogP contribution in [-0.4, -0.2) is 15.6 Å². The molecule has 1 aliphatic carbocycles. The topological polar surface area (TPSA) is 43.8 Å². The summed E-state index contributed by atoms with van der Waals surface area (Å²) in [6.45, 7) is 3.13. The van der Waals surface area contributed by atoms with Gasteiger partial charge in [0.15, 0.2) is 0 Å². The number of aromatic nitrogens is 2. The van der Waals surface area contributed by atoms with Crippen LogP contribution < -0.4 is 5.73 Å². The smallest absolute Gasteiger partial charge is 0.110 e. The summed E-state index contributed by atoms with van der Waals surface area (Å²) in [6.07, 6.45) is 8.82. The average molecular weight is 193 g/mol. The maximum atomic E-state index is 6.14. The summed E-state index contributed by atoms with van der Waals surface area (Å²) in [5.74, 6) is 1.89. The van der Waals surface area contributed by atoms with Gasteiger partial charge in [-0.2, -0.15) is 0 Å². The van der Waals surface area contributed by atoms with E-state index >= 15 is 0 Å². The summed E-state index contributed by atoms with van der Waals surface area (Å²) in [7, 11) is 0. The first-order valence-corrected chi connectivity index (χ1v) is 5.57. The molecule has 0 spiro atoms. The Balaban J connectivity index is 1.95. The van der Waals surface area contributed by atoms with Gasteiger partial charge in [-0.25, -0.2) is 4.98 Å². The van der Waals surface area contributed by atoms with Crippen LogP contribution in [0.1, 0.15) is 32.0 Å². The lowest BCUT2D eigenvalue weighted by Gasteiger charge is -2.31. The third-order valence-electron chi connectivity index (χ3n) is 3.32. The molecule has 1 fully saturated rings. The van der Waals surface area contributed by atoms with E-state index in [4.69, 9.17) is 5.73 Å². The zero-order chi connectivity index (χ0) is 9.97. The highest BCUT2D eigenvalue weighted by Crippen LogP contribution is 2.29. The van der Waals surface area contributed by atoms with Gasteiger partial charge in [-0.3, -0.25) is 0 Å². The minimum atomic E-state index is 0.316. The second-order valence-corrected chi connectivity index (χ2v) is 4.19. The van der Waals surface area contributed by atoms with Crippen LogP contribution in [0.25, 0.3) is 0 Å². The third-order valence-corrected chi connectivity index (χ3v) is 3.32. The van der Waals surface area contributed by atoms with E-state index in [9.17, 15) is 0 Å². The lowest BCUT2D eigenvalue weighted by Crippen LogP contribution is -2.37. The Morgan fingerprint density at radius 1 is 1.64 bits per heavy atom. The first-order valence-electron chi connectivity index (χ1n) is 5.57. The average Bonchev–Trinajstić information content (AvgIpc) is 2.48. The Labute approximate surface area is 85.3 Å². The van der Waals surface area contributed by atoms with E-state index in [2.05, 4.69) is 16.5 Å². The number of nitrogens with zero attached hydrogens (tertiary/aromatic N) is 2. The van der Waals surface area contributed by atoms with Crippen molar-refractivity contribution in [1.82, 2.24) is 9.55 Å². The van der Waals surface area contributed by atoms with Gasteiger partial charge in [0, 0.05) is 31.4 Å². The summed E-state index contributed by atoms with van der Waals surface area (Å²) in [5, 5.41) is 0. The van der Waals surface area contributed by atoms with Gasteiger partial charge in [0.1, 0.15) is 5.82 Å². The SMILES string of the molecule is CCn1ccnc1CC(N)C1CCC1. The van der Waals surface area contributed by atoms with Gasteiger partial charge < -0.3 is 10.3 Å². The van der Waals surface area contributed by atoms with Crippen molar-refractivity contribution in [2.24, 2.45) is 11.7 Å². The van der Waals surface area contributed by atoms with E-state index in [-0.39, 0.29) is 0 Å². The van der Waals surface area contributed by atoms with Crippen LogP contribution in [0.2, 0.25) is 0 Å². The summed E-state index contributed by atoms with van der Waals surface area (Å²) < 4.78 is 2.18. The van der Waals surface area contributed by atoms with Crippen molar-refractivity contribution >= 4 is 0 Å². The van der Waals surface area contributed by atoms with Gasteiger partial charge in [0.05, 0.1) is 0 Å². The van der Waals surface area contributed by atoms with Crippen molar-refractivity contribution in [3.8, 4) is 0 Å². The molecular weight excluding hydrogens is 174 g/mol.